The van der Waals surface area contributed by atoms with Crippen molar-refractivity contribution in [3.8, 4) is 5.75 Å². The van der Waals surface area contributed by atoms with Gasteiger partial charge in [0.2, 0.25) is 0 Å². The third-order valence-electron chi connectivity index (χ3n) is 4.14. The van der Waals surface area contributed by atoms with Crippen LogP contribution in [0.25, 0.3) is 0 Å². The van der Waals surface area contributed by atoms with Crippen molar-refractivity contribution in [1.29, 1.82) is 0 Å². The maximum atomic E-state index is 5.98. The van der Waals surface area contributed by atoms with E-state index in [1.165, 1.54) is 0 Å². The van der Waals surface area contributed by atoms with Crippen LogP contribution in [0.2, 0.25) is 0 Å². The topological polar surface area (TPSA) is 45.6 Å². The van der Waals surface area contributed by atoms with Crippen LogP contribution in [0, 0.1) is 0 Å². The number of thiocarbonyl (C=S) groups is 1. The van der Waals surface area contributed by atoms with Crippen molar-refractivity contribution in [3.05, 3.63) is 102 Å². The van der Waals surface area contributed by atoms with E-state index in [1.807, 2.05) is 79.7 Å². The van der Waals surface area contributed by atoms with Crippen molar-refractivity contribution in [1.82, 2.24) is 10.7 Å². The number of nitrogens with zero attached hydrogens (tertiary/aromatic N) is 1. The third kappa shape index (κ3) is 6.21. The first-order valence-corrected chi connectivity index (χ1v) is 9.54. The molecule has 0 aliphatic heterocycles. The monoisotopic (exact) mass is 389 g/mol. The van der Waals surface area contributed by atoms with Gasteiger partial charge in [-0.1, -0.05) is 60.7 Å². The van der Waals surface area contributed by atoms with Crippen LogP contribution in [-0.2, 0) is 6.54 Å². The molecule has 0 saturated carbocycles. The van der Waals surface area contributed by atoms with Crippen LogP contribution in [0.15, 0.2) is 90.0 Å². The Hall–Kier alpha value is -3.18. The molecule has 4 nitrogen and oxygen atoms in total. The Labute approximate surface area is 171 Å². The molecule has 3 rings (SSSR count). The molecular formula is C23H23N3OS. The zero-order valence-electron chi connectivity index (χ0n) is 15.7. The molecule has 0 aromatic heterocycles. The fraction of sp³-hybridized carbons (Fsp3) is 0.130. The molecule has 28 heavy (non-hydrogen) atoms. The molecule has 0 amide bonds. The lowest BCUT2D eigenvalue weighted by Gasteiger charge is -2.15. The van der Waals surface area contributed by atoms with Crippen LogP contribution >= 0.6 is 12.2 Å². The van der Waals surface area contributed by atoms with E-state index in [2.05, 4.69) is 28.0 Å². The van der Waals surface area contributed by atoms with Gasteiger partial charge in [-0.2, -0.15) is 5.10 Å². The number of ether oxygens (including phenoxy) is 1. The molecule has 3 aromatic carbocycles. The summed E-state index contributed by atoms with van der Waals surface area (Å²) in [6.07, 6.45) is 1.72. The van der Waals surface area contributed by atoms with Crippen molar-refractivity contribution in [2.45, 2.75) is 19.6 Å². The molecule has 3 aromatic rings. The van der Waals surface area contributed by atoms with E-state index in [4.69, 9.17) is 17.0 Å². The fourth-order valence-electron chi connectivity index (χ4n) is 2.61. The van der Waals surface area contributed by atoms with Gasteiger partial charge in [0.1, 0.15) is 11.9 Å². The molecule has 0 saturated heterocycles. The lowest BCUT2D eigenvalue weighted by atomic mass is 10.1. The molecule has 5 heteroatoms. The summed E-state index contributed by atoms with van der Waals surface area (Å²) in [4.78, 5) is 0. The van der Waals surface area contributed by atoms with Gasteiger partial charge < -0.3 is 10.1 Å². The molecular weight excluding hydrogens is 366 g/mol. The highest BCUT2D eigenvalue weighted by molar-refractivity contribution is 7.80. The number of hydrogen-bond donors (Lipinski definition) is 2. The predicted octanol–water partition coefficient (Wildman–Crippen LogP) is 4.82. The first kappa shape index (κ1) is 19.6. The van der Waals surface area contributed by atoms with Crippen LogP contribution in [0.4, 0.5) is 0 Å². The zero-order valence-corrected chi connectivity index (χ0v) is 16.5. The summed E-state index contributed by atoms with van der Waals surface area (Å²) in [5, 5.41) is 7.77. The average Bonchev–Trinajstić information content (AvgIpc) is 2.75. The first-order valence-electron chi connectivity index (χ1n) is 9.13. The summed E-state index contributed by atoms with van der Waals surface area (Å²) < 4.78 is 5.98. The molecule has 0 aliphatic carbocycles. The lowest BCUT2D eigenvalue weighted by molar-refractivity contribution is 0.227. The summed E-state index contributed by atoms with van der Waals surface area (Å²) in [5.74, 6) is 0.821. The lowest BCUT2D eigenvalue weighted by Crippen LogP contribution is -2.31. The Morgan fingerprint density at radius 1 is 0.964 bits per heavy atom. The van der Waals surface area contributed by atoms with Gasteiger partial charge in [-0.15, -0.1) is 0 Å². The van der Waals surface area contributed by atoms with Gasteiger partial charge in [0.15, 0.2) is 5.11 Å². The standard InChI is InChI=1S/C23H23N3OS/c1-18(21-10-6-3-7-11-21)27-22-14-12-20(13-15-22)17-25-26-23(28)24-16-19-8-4-2-5-9-19/h2-15,17-18H,16H2,1H3,(H2,24,26,28)/b25-17+. The van der Waals surface area contributed by atoms with E-state index in [9.17, 15) is 0 Å². The minimum Gasteiger partial charge on any atom is -0.486 e. The van der Waals surface area contributed by atoms with Crippen molar-refractivity contribution >= 4 is 23.5 Å². The average molecular weight is 390 g/mol. The molecule has 1 atom stereocenters. The second-order valence-corrected chi connectivity index (χ2v) is 6.69. The second-order valence-electron chi connectivity index (χ2n) is 6.28. The van der Waals surface area contributed by atoms with Gasteiger partial charge in [0, 0.05) is 6.54 Å². The van der Waals surface area contributed by atoms with Crippen molar-refractivity contribution in [3.63, 3.8) is 0 Å². The molecule has 0 aliphatic rings. The van der Waals surface area contributed by atoms with Gasteiger partial charge >= 0.3 is 0 Å². The Bertz CT molecular complexity index is 896. The van der Waals surface area contributed by atoms with E-state index >= 15 is 0 Å². The Balaban J connectivity index is 1.45. The van der Waals surface area contributed by atoms with Crippen molar-refractivity contribution < 1.29 is 4.74 Å². The van der Waals surface area contributed by atoms with Crippen LogP contribution in [0.1, 0.15) is 29.7 Å². The zero-order chi connectivity index (χ0) is 19.6. The van der Waals surface area contributed by atoms with Crippen molar-refractivity contribution in [2.24, 2.45) is 5.10 Å². The Morgan fingerprint density at radius 2 is 1.61 bits per heavy atom. The summed E-state index contributed by atoms with van der Waals surface area (Å²) >= 11 is 5.23. The van der Waals surface area contributed by atoms with E-state index in [-0.39, 0.29) is 6.10 Å². The van der Waals surface area contributed by atoms with E-state index in [1.54, 1.807) is 6.21 Å². The molecule has 1 unspecified atom stereocenters. The minimum atomic E-state index is -0.00422. The smallest absolute Gasteiger partial charge is 0.187 e. The summed E-state index contributed by atoms with van der Waals surface area (Å²) in [6.45, 7) is 2.70. The molecule has 0 heterocycles. The highest BCUT2D eigenvalue weighted by Gasteiger charge is 2.06. The maximum Gasteiger partial charge on any atom is 0.187 e. The van der Waals surface area contributed by atoms with Crippen LogP contribution in [0.5, 0.6) is 5.75 Å². The molecule has 2 N–H and O–H groups in total. The Kier molecular flexibility index (Phi) is 7.15. The highest BCUT2D eigenvalue weighted by Crippen LogP contribution is 2.21. The largest absolute Gasteiger partial charge is 0.486 e. The number of benzene rings is 3. The third-order valence-corrected chi connectivity index (χ3v) is 4.37. The normalized spacial score (nSPS) is 11.8. The van der Waals surface area contributed by atoms with E-state index in [0.29, 0.717) is 11.7 Å². The number of hydrazone groups is 1. The van der Waals surface area contributed by atoms with Crippen LogP contribution in [-0.4, -0.2) is 11.3 Å². The van der Waals surface area contributed by atoms with E-state index in [0.717, 1.165) is 22.4 Å². The number of nitrogens with one attached hydrogen (secondary N) is 2. The SMILES string of the molecule is CC(Oc1ccc(/C=N/NC(=S)NCc2ccccc2)cc1)c1ccccc1. The van der Waals surface area contributed by atoms with Crippen LogP contribution < -0.4 is 15.5 Å². The predicted molar refractivity (Wildman–Crippen MR) is 119 cm³/mol. The van der Waals surface area contributed by atoms with Crippen molar-refractivity contribution in [2.75, 3.05) is 0 Å². The molecule has 0 radical (unpaired) electrons. The quantitative estimate of drug-likeness (QED) is 0.345. The van der Waals surface area contributed by atoms with Gasteiger partial charge in [-0.25, -0.2) is 0 Å². The minimum absolute atomic E-state index is 0.00422. The van der Waals surface area contributed by atoms with E-state index < -0.39 is 0 Å². The molecule has 0 fully saturated rings. The summed E-state index contributed by atoms with van der Waals surface area (Å²) in [7, 11) is 0. The second kappa shape index (κ2) is 10.2. The van der Waals surface area contributed by atoms with Gasteiger partial charge in [0.25, 0.3) is 0 Å². The van der Waals surface area contributed by atoms with Gasteiger partial charge in [-0.3, -0.25) is 5.43 Å². The summed E-state index contributed by atoms with van der Waals surface area (Å²) in [6, 6.07) is 28.0. The highest BCUT2D eigenvalue weighted by atomic mass is 32.1. The number of hydrogen-bond acceptors (Lipinski definition) is 3. The Morgan fingerprint density at radius 3 is 2.29 bits per heavy atom. The first-order chi connectivity index (χ1) is 13.7. The van der Waals surface area contributed by atoms with Gasteiger partial charge in [-0.05, 0) is 60.1 Å². The molecule has 142 valence electrons. The molecule has 0 spiro atoms. The number of rotatable bonds is 7. The fourth-order valence-corrected chi connectivity index (χ4v) is 2.74. The summed E-state index contributed by atoms with van der Waals surface area (Å²) in [5.41, 5.74) is 6.09. The molecule has 0 bridgehead atoms. The van der Waals surface area contributed by atoms with Gasteiger partial charge in [0.05, 0.1) is 6.21 Å². The van der Waals surface area contributed by atoms with Crippen LogP contribution in [0.3, 0.4) is 0 Å². The maximum absolute atomic E-state index is 5.98.